The molecule has 0 amide bonds. The summed E-state index contributed by atoms with van der Waals surface area (Å²) in [5.41, 5.74) is 10.5. The lowest BCUT2D eigenvalue weighted by atomic mass is 9.71. The summed E-state index contributed by atoms with van der Waals surface area (Å²) in [5.74, 6) is 0. The summed E-state index contributed by atoms with van der Waals surface area (Å²) >= 11 is 0. The van der Waals surface area contributed by atoms with Crippen molar-refractivity contribution >= 4 is 0 Å². The van der Waals surface area contributed by atoms with Crippen molar-refractivity contribution in [3.63, 3.8) is 0 Å². The number of rotatable bonds is 6. The molecule has 1 aliphatic carbocycles. The Hall–Kier alpha value is -1.64. The summed E-state index contributed by atoms with van der Waals surface area (Å²) in [6, 6.07) is 0. The fourth-order valence-corrected chi connectivity index (χ4v) is 3.16. The Labute approximate surface area is 147 Å². The van der Waals surface area contributed by atoms with Gasteiger partial charge >= 0.3 is 0 Å². The molecule has 0 aliphatic heterocycles. The summed E-state index contributed by atoms with van der Waals surface area (Å²) in [6.07, 6.45) is 18.0. The van der Waals surface area contributed by atoms with E-state index < -0.39 is 0 Å². The highest BCUT2D eigenvalue weighted by Gasteiger charge is 2.31. The van der Waals surface area contributed by atoms with Gasteiger partial charge in [0.25, 0.3) is 0 Å². The topological polar surface area (TPSA) is 46.2 Å². The van der Waals surface area contributed by atoms with E-state index in [9.17, 15) is 5.11 Å². The third-order valence-electron chi connectivity index (χ3n) is 4.34. The van der Waals surface area contributed by atoms with E-state index in [1.807, 2.05) is 18.2 Å². The van der Waals surface area contributed by atoms with Gasteiger partial charge < -0.3 is 10.8 Å². The van der Waals surface area contributed by atoms with Crippen molar-refractivity contribution in [3.8, 4) is 0 Å². The van der Waals surface area contributed by atoms with E-state index in [-0.39, 0.29) is 11.5 Å². The molecule has 1 aliphatic rings. The standard InChI is InChI=1S/C22H33NO/c1-17(9-6-7-14-23)10-8-11-18(2)12-13-21-19(3)15-20(24)16-22(21,4)5/h6-13,20,24H,14-16,23H2,1-5H3/b7-6+,10-8+,13-12+,17-9+,18-11+. The van der Waals surface area contributed by atoms with Crippen LogP contribution >= 0.6 is 0 Å². The van der Waals surface area contributed by atoms with Gasteiger partial charge in [-0.25, -0.2) is 0 Å². The molecular formula is C22H33NO. The molecule has 0 aromatic heterocycles. The zero-order chi connectivity index (χ0) is 18.2. The van der Waals surface area contributed by atoms with Gasteiger partial charge in [-0.05, 0) is 44.6 Å². The molecule has 0 saturated heterocycles. The number of allylic oxidation sites excluding steroid dienone is 10. The molecule has 1 unspecified atom stereocenters. The molecule has 1 atom stereocenters. The van der Waals surface area contributed by atoms with E-state index in [0.29, 0.717) is 6.54 Å². The Bertz CT molecular complexity index is 597. The highest BCUT2D eigenvalue weighted by molar-refractivity contribution is 5.37. The summed E-state index contributed by atoms with van der Waals surface area (Å²) < 4.78 is 0. The zero-order valence-corrected chi connectivity index (χ0v) is 15.8. The maximum atomic E-state index is 9.96. The van der Waals surface area contributed by atoms with Crippen molar-refractivity contribution in [3.05, 3.63) is 70.9 Å². The predicted octanol–water partition coefficient (Wildman–Crippen LogP) is 5.00. The smallest absolute Gasteiger partial charge is 0.0585 e. The molecule has 2 nitrogen and oxygen atoms in total. The molecule has 0 aromatic rings. The first kappa shape index (κ1) is 20.4. The average molecular weight is 328 g/mol. The van der Waals surface area contributed by atoms with Crippen LogP contribution in [0.1, 0.15) is 47.5 Å². The van der Waals surface area contributed by atoms with Crippen LogP contribution in [-0.2, 0) is 0 Å². The van der Waals surface area contributed by atoms with Crippen LogP contribution in [-0.4, -0.2) is 17.8 Å². The summed E-state index contributed by atoms with van der Waals surface area (Å²) in [5, 5.41) is 9.96. The number of aliphatic hydroxyl groups excluding tert-OH is 1. The van der Waals surface area contributed by atoms with Gasteiger partial charge in [0.1, 0.15) is 0 Å². The van der Waals surface area contributed by atoms with Crippen LogP contribution < -0.4 is 5.73 Å². The predicted molar refractivity (Wildman–Crippen MR) is 106 cm³/mol. The maximum absolute atomic E-state index is 9.96. The highest BCUT2D eigenvalue weighted by atomic mass is 16.3. The summed E-state index contributed by atoms with van der Waals surface area (Å²) in [4.78, 5) is 0. The third kappa shape index (κ3) is 6.86. The van der Waals surface area contributed by atoms with E-state index in [2.05, 4.69) is 65.0 Å². The minimum atomic E-state index is -0.209. The Morgan fingerprint density at radius 3 is 2.42 bits per heavy atom. The Morgan fingerprint density at radius 2 is 1.79 bits per heavy atom. The molecule has 0 spiro atoms. The van der Waals surface area contributed by atoms with Gasteiger partial charge in [0, 0.05) is 6.54 Å². The molecule has 2 heteroatoms. The van der Waals surface area contributed by atoms with Crippen molar-refractivity contribution < 1.29 is 5.11 Å². The maximum Gasteiger partial charge on any atom is 0.0585 e. The van der Waals surface area contributed by atoms with Gasteiger partial charge in [0.15, 0.2) is 0 Å². The molecule has 0 saturated carbocycles. The first-order valence-electron chi connectivity index (χ1n) is 8.71. The normalized spacial score (nSPS) is 23.2. The fraction of sp³-hybridized carbons (Fsp3) is 0.455. The number of aliphatic hydroxyl groups is 1. The second-order valence-electron chi connectivity index (χ2n) is 7.32. The van der Waals surface area contributed by atoms with E-state index in [4.69, 9.17) is 5.73 Å². The van der Waals surface area contributed by atoms with Crippen LogP contribution in [0.3, 0.4) is 0 Å². The zero-order valence-electron chi connectivity index (χ0n) is 15.8. The van der Waals surface area contributed by atoms with Crippen LogP contribution in [0.25, 0.3) is 0 Å². The molecule has 0 heterocycles. The van der Waals surface area contributed by atoms with Crippen LogP contribution in [0.2, 0.25) is 0 Å². The quantitative estimate of drug-likeness (QED) is 0.674. The van der Waals surface area contributed by atoms with E-state index in [0.717, 1.165) is 12.8 Å². The van der Waals surface area contributed by atoms with Crippen LogP contribution in [0, 0.1) is 5.41 Å². The molecule has 1 rings (SSSR count). The van der Waals surface area contributed by atoms with Crippen molar-refractivity contribution in [1.29, 1.82) is 0 Å². The number of nitrogens with two attached hydrogens (primary N) is 1. The Kier molecular flexibility index (Phi) is 8.17. The van der Waals surface area contributed by atoms with Gasteiger partial charge in [0.05, 0.1) is 6.10 Å². The SMILES string of the molecule is CC1=C(/C=C/C(C)=C/C=C/C(C)=C/C=C/CN)C(C)(C)CC(O)C1. The van der Waals surface area contributed by atoms with Crippen LogP contribution in [0.5, 0.6) is 0 Å². The number of hydrogen-bond acceptors (Lipinski definition) is 2. The van der Waals surface area contributed by atoms with Crippen molar-refractivity contribution in [2.24, 2.45) is 11.1 Å². The van der Waals surface area contributed by atoms with Gasteiger partial charge in [0.2, 0.25) is 0 Å². The van der Waals surface area contributed by atoms with Gasteiger partial charge in [-0.15, -0.1) is 0 Å². The molecule has 0 aromatic carbocycles. The third-order valence-corrected chi connectivity index (χ3v) is 4.34. The Balaban J connectivity index is 2.77. The molecule has 24 heavy (non-hydrogen) atoms. The van der Waals surface area contributed by atoms with E-state index in [1.54, 1.807) is 0 Å². The highest BCUT2D eigenvalue weighted by Crippen LogP contribution is 2.40. The molecule has 3 N–H and O–H groups in total. The van der Waals surface area contributed by atoms with Crippen LogP contribution in [0.15, 0.2) is 70.9 Å². The largest absolute Gasteiger partial charge is 0.393 e. The molecule has 0 radical (unpaired) electrons. The monoisotopic (exact) mass is 327 g/mol. The molecule has 132 valence electrons. The summed E-state index contributed by atoms with van der Waals surface area (Å²) in [7, 11) is 0. The van der Waals surface area contributed by atoms with Crippen molar-refractivity contribution in [2.45, 2.75) is 53.6 Å². The van der Waals surface area contributed by atoms with Crippen molar-refractivity contribution in [2.75, 3.05) is 6.54 Å². The van der Waals surface area contributed by atoms with E-state index >= 15 is 0 Å². The van der Waals surface area contributed by atoms with Crippen molar-refractivity contribution in [1.82, 2.24) is 0 Å². The minimum Gasteiger partial charge on any atom is -0.393 e. The minimum absolute atomic E-state index is 0.0308. The van der Waals surface area contributed by atoms with Gasteiger partial charge in [-0.1, -0.05) is 79.2 Å². The first-order chi connectivity index (χ1) is 11.3. The first-order valence-corrected chi connectivity index (χ1v) is 8.71. The average Bonchev–Trinajstić information content (AvgIpc) is 2.45. The molecule has 0 bridgehead atoms. The van der Waals surface area contributed by atoms with Crippen LogP contribution in [0.4, 0.5) is 0 Å². The van der Waals surface area contributed by atoms with Gasteiger partial charge in [-0.3, -0.25) is 0 Å². The molecular weight excluding hydrogens is 294 g/mol. The number of hydrogen-bond donors (Lipinski definition) is 2. The second kappa shape index (κ2) is 9.61. The molecule has 0 fully saturated rings. The van der Waals surface area contributed by atoms with Gasteiger partial charge in [-0.2, -0.15) is 0 Å². The second-order valence-corrected chi connectivity index (χ2v) is 7.32. The Morgan fingerprint density at radius 1 is 1.17 bits per heavy atom. The lowest BCUT2D eigenvalue weighted by molar-refractivity contribution is 0.116. The lowest BCUT2D eigenvalue weighted by Crippen LogP contribution is -2.28. The summed E-state index contributed by atoms with van der Waals surface area (Å²) in [6.45, 7) is 11.3. The fourth-order valence-electron chi connectivity index (χ4n) is 3.16. The lowest BCUT2D eigenvalue weighted by Gasteiger charge is -2.35. The van der Waals surface area contributed by atoms with E-state index in [1.165, 1.54) is 22.3 Å².